The Morgan fingerprint density at radius 2 is 2.33 bits per heavy atom. The van der Waals surface area contributed by atoms with Crippen molar-refractivity contribution in [2.24, 2.45) is 11.7 Å². The minimum atomic E-state index is -3.48. The maximum atomic E-state index is 12.0. The maximum absolute atomic E-state index is 12.0. The Balaban J connectivity index is 1.95. The molecule has 1 aliphatic carbocycles. The average Bonchev–Trinajstić information content (AvgIpc) is 2.95. The molecular weight excluding hydrogens is 252 g/mol. The van der Waals surface area contributed by atoms with Crippen LogP contribution < -0.4 is 10.5 Å². The Bertz CT molecular complexity index is 497. The second kappa shape index (κ2) is 5.38. The molecule has 2 unspecified atom stereocenters. The summed E-state index contributed by atoms with van der Waals surface area (Å²) in [4.78, 5) is 3.91. The van der Waals surface area contributed by atoms with Gasteiger partial charge in [-0.25, -0.2) is 18.1 Å². The monoisotopic (exact) mass is 272 g/mol. The number of hydrogen-bond acceptors (Lipinski definition) is 4. The van der Waals surface area contributed by atoms with E-state index in [2.05, 4.69) is 9.71 Å². The lowest BCUT2D eigenvalue weighted by atomic mass is 10.1. The fraction of sp³-hybridized carbons (Fsp3) is 0.727. The lowest BCUT2D eigenvalue weighted by Gasteiger charge is -2.10. The van der Waals surface area contributed by atoms with Crippen molar-refractivity contribution < 1.29 is 8.42 Å². The molecule has 0 saturated heterocycles. The van der Waals surface area contributed by atoms with E-state index in [9.17, 15) is 8.42 Å². The van der Waals surface area contributed by atoms with Gasteiger partial charge in [0, 0.05) is 25.3 Å². The van der Waals surface area contributed by atoms with Gasteiger partial charge in [0.25, 0.3) is 10.0 Å². The number of rotatable bonds is 5. The van der Waals surface area contributed by atoms with Crippen molar-refractivity contribution in [2.75, 3.05) is 6.54 Å². The fourth-order valence-corrected chi connectivity index (χ4v) is 3.31. The lowest BCUT2D eigenvalue weighted by Crippen LogP contribution is -2.29. The topological polar surface area (TPSA) is 90.0 Å². The van der Waals surface area contributed by atoms with Crippen molar-refractivity contribution in [2.45, 2.75) is 43.8 Å². The molecule has 7 heteroatoms. The Labute approximate surface area is 108 Å². The number of nitrogens with one attached hydrogen (secondary N) is 1. The third-order valence-corrected chi connectivity index (χ3v) is 4.70. The molecule has 1 aromatic heterocycles. The highest BCUT2D eigenvalue weighted by Gasteiger charge is 2.24. The van der Waals surface area contributed by atoms with Gasteiger partial charge in [-0.1, -0.05) is 0 Å². The zero-order valence-electron chi connectivity index (χ0n) is 10.5. The van der Waals surface area contributed by atoms with Gasteiger partial charge in [-0.15, -0.1) is 0 Å². The molecule has 1 heterocycles. The molecule has 1 fully saturated rings. The minimum Gasteiger partial charge on any atom is -0.336 e. The van der Waals surface area contributed by atoms with E-state index >= 15 is 0 Å². The van der Waals surface area contributed by atoms with Crippen LogP contribution in [0, 0.1) is 5.92 Å². The summed E-state index contributed by atoms with van der Waals surface area (Å²) in [6.45, 7) is 3.10. The highest BCUT2D eigenvalue weighted by Crippen LogP contribution is 2.23. The van der Waals surface area contributed by atoms with Gasteiger partial charge in [0.05, 0.1) is 6.33 Å². The van der Waals surface area contributed by atoms with E-state index in [1.54, 1.807) is 10.8 Å². The van der Waals surface area contributed by atoms with Crippen molar-refractivity contribution in [1.82, 2.24) is 14.3 Å². The molecule has 102 valence electrons. The quantitative estimate of drug-likeness (QED) is 0.807. The summed E-state index contributed by atoms with van der Waals surface area (Å²) < 4.78 is 28.3. The number of sulfonamides is 1. The van der Waals surface area contributed by atoms with Crippen LogP contribution in [0.3, 0.4) is 0 Å². The smallest absolute Gasteiger partial charge is 0.259 e. The minimum absolute atomic E-state index is 0.0895. The SMILES string of the molecule is CCn1cnc(S(=O)(=O)NCC2CCC(N)C2)c1. The molecule has 0 bridgehead atoms. The zero-order chi connectivity index (χ0) is 13.2. The van der Waals surface area contributed by atoms with Crippen LogP contribution >= 0.6 is 0 Å². The van der Waals surface area contributed by atoms with E-state index in [0.717, 1.165) is 19.3 Å². The first kappa shape index (κ1) is 13.5. The van der Waals surface area contributed by atoms with E-state index in [-0.39, 0.29) is 11.1 Å². The third kappa shape index (κ3) is 3.09. The standard InChI is InChI=1S/C11H20N4O2S/c1-2-15-7-11(13-8-15)18(16,17)14-6-9-3-4-10(12)5-9/h7-10,14H,2-6,12H2,1H3. The molecule has 0 aliphatic heterocycles. The fourth-order valence-electron chi connectivity index (χ4n) is 2.25. The molecule has 2 rings (SSSR count). The second-order valence-electron chi connectivity index (χ2n) is 4.83. The number of nitrogens with zero attached hydrogens (tertiary/aromatic N) is 2. The van der Waals surface area contributed by atoms with E-state index in [1.807, 2.05) is 6.92 Å². The van der Waals surface area contributed by atoms with Crippen molar-refractivity contribution in [3.05, 3.63) is 12.5 Å². The van der Waals surface area contributed by atoms with Gasteiger partial charge in [-0.2, -0.15) is 0 Å². The molecule has 1 aromatic rings. The lowest BCUT2D eigenvalue weighted by molar-refractivity contribution is 0.511. The first-order valence-corrected chi connectivity index (χ1v) is 7.76. The molecular formula is C11H20N4O2S. The molecule has 0 amide bonds. The van der Waals surface area contributed by atoms with Gasteiger partial charge in [0.1, 0.15) is 0 Å². The first-order valence-electron chi connectivity index (χ1n) is 6.28. The molecule has 0 aromatic carbocycles. The predicted molar refractivity (Wildman–Crippen MR) is 68.4 cm³/mol. The second-order valence-corrected chi connectivity index (χ2v) is 6.55. The molecule has 1 aliphatic rings. The van der Waals surface area contributed by atoms with Crippen LogP contribution in [0.4, 0.5) is 0 Å². The molecule has 2 atom stereocenters. The summed E-state index contributed by atoms with van der Waals surface area (Å²) in [5.74, 6) is 0.350. The number of aromatic nitrogens is 2. The average molecular weight is 272 g/mol. The van der Waals surface area contributed by atoms with Crippen LogP contribution in [0.2, 0.25) is 0 Å². The molecule has 0 radical (unpaired) electrons. The number of nitrogens with two attached hydrogens (primary N) is 1. The number of hydrogen-bond donors (Lipinski definition) is 2. The summed E-state index contributed by atoms with van der Waals surface area (Å²) in [6, 6.07) is 0.221. The Morgan fingerprint density at radius 3 is 2.89 bits per heavy atom. The normalized spacial score (nSPS) is 24.6. The van der Waals surface area contributed by atoms with Gasteiger partial charge in [-0.3, -0.25) is 0 Å². The molecule has 6 nitrogen and oxygen atoms in total. The van der Waals surface area contributed by atoms with Crippen LogP contribution in [-0.4, -0.2) is 30.6 Å². The first-order chi connectivity index (χ1) is 8.51. The van der Waals surface area contributed by atoms with Gasteiger partial charge >= 0.3 is 0 Å². The van der Waals surface area contributed by atoms with Crippen molar-refractivity contribution in [1.29, 1.82) is 0 Å². The molecule has 18 heavy (non-hydrogen) atoms. The Morgan fingerprint density at radius 1 is 1.56 bits per heavy atom. The Kier molecular flexibility index (Phi) is 4.04. The summed E-state index contributed by atoms with van der Waals surface area (Å²) in [7, 11) is -3.48. The molecule has 1 saturated carbocycles. The van der Waals surface area contributed by atoms with E-state index < -0.39 is 10.0 Å². The van der Waals surface area contributed by atoms with Crippen LogP contribution in [0.25, 0.3) is 0 Å². The van der Waals surface area contributed by atoms with Gasteiger partial charge in [0.15, 0.2) is 5.03 Å². The number of imidazole rings is 1. The Hall–Kier alpha value is -0.920. The maximum Gasteiger partial charge on any atom is 0.259 e. The van der Waals surface area contributed by atoms with Crippen molar-refractivity contribution in [3.8, 4) is 0 Å². The van der Waals surface area contributed by atoms with Gasteiger partial charge < -0.3 is 10.3 Å². The van der Waals surface area contributed by atoms with Gasteiger partial charge in [-0.05, 0) is 32.1 Å². The molecule has 0 spiro atoms. The van der Waals surface area contributed by atoms with Gasteiger partial charge in [0.2, 0.25) is 0 Å². The van der Waals surface area contributed by atoms with Crippen molar-refractivity contribution in [3.63, 3.8) is 0 Å². The summed E-state index contributed by atoms with van der Waals surface area (Å²) >= 11 is 0. The summed E-state index contributed by atoms with van der Waals surface area (Å²) in [6.07, 6.45) is 5.94. The van der Waals surface area contributed by atoms with Crippen LogP contribution in [0.5, 0.6) is 0 Å². The number of aryl methyl sites for hydroxylation is 1. The third-order valence-electron chi connectivity index (χ3n) is 3.39. The van der Waals surface area contributed by atoms with Crippen LogP contribution in [-0.2, 0) is 16.6 Å². The van der Waals surface area contributed by atoms with Crippen LogP contribution in [0.15, 0.2) is 17.6 Å². The van der Waals surface area contributed by atoms with Crippen LogP contribution in [0.1, 0.15) is 26.2 Å². The van der Waals surface area contributed by atoms with E-state index in [1.165, 1.54) is 6.33 Å². The predicted octanol–water partition coefficient (Wildman–Crippen LogP) is 0.309. The highest BCUT2D eigenvalue weighted by atomic mass is 32.2. The molecule has 3 N–H and O–H groups in total. The van der Waals surface area contributed by atoms with E-state index in [4.69, 9.17) is 5.73 Å². The summed E-state index contributed by atoms with van der Waals surface area (Å²) in [5.41, 5.74) is 5.80. The summed E-state index contributed by atoms with van der Waals surface area (Å²) in [5, 5.41) is 0.0895. The van der Waals surface area contributed by atoms with E-state index in [0.29, 0.717) is 19.0 Å². The highest BCUT2D eigenvalue weighted by molar-refractivity contribution is 7.89. The van der Waals surface area contributed by atoms with Crippen molar-refractivity contribution >= 4 is 10.0 Å². The zero-order valence-corrected chi connectivity index (χ0v) is 11.4. The largest absolute Gasteiger partial charge is 0.336 e.